The number of ketones is 1. The zero-order chi connectivity index (χ0) is 15.3. The van der Waals surface area contributed by atoms with Crippen molar-refractivity contribution in [2.45, 2.75) is 27.2 Å². The summed E-state index contributed by atoms with van der Waals surface area (Å²) in [5.41, 5.74) is 14.0. The summed E-state index contributed by atoms with van der Waals surface area (Å²) in [6.45, 7) is 5.95. The molecule has 4 N–H and O–H groups in total. The molecule has 0 aromatic heterocycles. The van der Waals surface area contributed by atoms with Gasteiger partial charge in [-0.25, -0.2) is 0 Å². The number of aliphatic imine (C=N–C) groups is 1. The van der Waals surface area contributed by atoms with Crippen molar-refractivity contribution in [1.82, 2.24) is 0 Å². The Hall–Kier alpha value is -2.10. The van der Waals surface area contributed by atoms with Crippen LogP contribution in [0.15, 0.2) is 40.7 Å². The molecule has 4 heteroatoms. The van der Waals surface area contributed by atoms with Crippen molar-refractivity contribution in [3.05, 3.63) is 46.8 Å². The van der Waals surface area contributed by atoms with Gasteiger partial charge < -0.3 is 11.5 Å². The van der Waals surface area contributed by atoms with Crippen molar-refractivity contribution in [3.8, 4) is 0 Å². The maximum Gasteiger partial charge on any atom is 0.228 e. The molecule has 0 fully saturated rings. The van der Waals surface area contributed by atoms with E-state index in [2.05, 4.69) is 18.8 Å². The average Bonchev–Trinajstić information content (AvgIpc) is 2.39. The number of hydrogen-bond donors (Lipinski definition) is 2. The lowest BCUT2D eigenvalue weighted by molar-refractivity contribution is -0.109. The molecule has 0 aliphatic heterocycles. The molecular weight excluding hydrogens is 250 g/mol. The van der Waals surface area contributed by atoms with Gasteiger partial charge in [0.2, 0.25) is 5.78 Å². The van der Waals surface area contributed by atoms with Crippen LogP contribution < -0.4 is 11.5 Å². The lowest BCUT2D eigenvalue weighted by Crippen LogP contribution is -2.25. The van der Waals surface area contributed by atoms with Crippen LogP contribution in [0.5, 0.6) is 0 Å². The van der Waals surface area contributed by atoms with E-state index in [1.54, 1.807) is 14.0 Å². The van der Waals surface area contributed by atoms with E-state index in [1.165, 1.54) is 5.56 Å². The van der Waals surface area contributed by atoms with Gasteiger partial charge in [-0.15, -0.1) is 0 Å². The fourth-order valence-corrected chi connectivity index (χ4v) is 1.94. The zero-order valence-corrected chi connectivity index (χ0v) is 12.6. The molecule has 0 heterocycles. The number of rotatable bonds is 5. The molecule has 1 aromatic rings. The Bertz CT molecular complexity index is 535. The van der Waals surface area contributed by atoms with Crippen molar-refractivity contribution in [2.75, 3.05) is 7.05 Å². The van der Waals surface area contributed by atoms with Crippen molar-refractivity contribution in [3.63, 3.8) is 0 Å². The highest BCUT2D eigenvalue weighted by Gasteiger charge is 2.17. The lowest BCUT2D eigenvalue weighted by atomic mass is 9.98. The van der Waals surface area contributed by atoms with Gasteiger partial charge >= 0.3 is 0 Å². The number of benzene rings is 1. The van der Waals surface area contributed by atoms with E-state index >= 15 is 0 Å². The molecule has 20 heavy (non-hydrogen) atoms. The highest BCUT2D eigenvalue weighted by atomic mass is 16.1. The van der Waals surface area contributed by atoms with Gasteiger partial charge in [0.05, 0.1) is 0 Å². The summed E-state index contributed by atoms with van der Waals surface area (Å²) in [6, 6.07) is 7.83. The molecular formula is C16H23N3O. The summed E-state index contributed by atoms with van der Waals surface area (Å²) < 4.78 is 0. The Labute approximate surface area is 120 Å². The summed E-state index contributed by atoms with van der Waals surface area (Å²) in [4.78, 5) is 16.2. The number of Topliss-reactive ketones (excluding diaryl/α,β-unsaturated/α-hetero) is 1. The molecule has 1 aromatic carbocycles. The number of nitrogens with zero attached hydrogens (tertiary/aromatic N) is 1. The molecule has 0 bridgehead atoms. The fourth-order valence-electron chi connectivity index (χ4n) is 1.94. The van der Waals surface area contributed by atoms with Crippen molar-refractivity contribution in [1.29, 1.82) is 0 Å². The van der Waals surface area contributed by atoms with Crippen molar-refractivity contribution < 1.29 is 4.79 Å². The minimum atomic E-state index is -0.330. The molecule has 0 saturated carbocycles. The monoisotopic (exact) mass is 273 g/mol. The molecule has 4 nitrogen and oxygen atoms in total. The molecule has 0 spiro atoms. The second kappa shape index (κ2) is 6.89. The average molecular weight is 273 g/mol. The minimum absolute atomic E-state index is 0.0526. The predicted molar refractivity (Wildman–Crippen MR) is 83.5 cm³/mol. The maximum atomic E-state index is 12.2. The number of nitrogens with two attached hydrogens (primary N) is 2. The van der Waals surface area contributed by atoms with Crippen LogP contribution in [0.4, 0.5) is 0 Å². The molecule has 108 valence electrons. The normalized spacial score (nSPS) is 13.3. The topological polar surface area (TPSA) is 81.5 Å². The fraction of sp³-hybridized carbons (Fsp3) is 0.375. The number of allylic oxidation sites excluding steroid dienone is 2. The molecule has 0 aliphatic rings. The van der Waals surface area contributed by atoms with Crippen LogP contribution in [0.25, 0.3) is 0 Å². The largest absolute Gasteiger partial charge is 0.400 e. The number of carbonyl (C=O) groups is 1. The predicted octanol–water partition coefficient (Wildman–Crippen LogP) is 2.02. The van der Waals surface area contributed by atoms with E-state index in [9.17, 15) is 4.79 Å². The molecule has 0 saturated heterocycles. The first-order valence-corrected chi connectivity index (χ1v) is 6.69. The van der Waals surface area contributed by atoms with E-state index in [4.69, 9.17) is 11.5 Å². The van der Waals surface area contributed by atoms with Crippen LogP contribution in [0.2, 0.25) is 0 Å². The van der Waals surface area contributed by atoms with Crippen LogP contribution in [-0.4, -0.2) is 18.5 Å². The minimum Gasteiger partial charge on any atom is -0.400 e. The first kappa shape index (κ1) is 16.0. The summed E-state index contributed by atoms with van der Waals surface area (Å²) in [5, 5.41) is 0. The summed E-state index contributed by atoms with van der Waals surface area (Å²) in [6.07, 6.45) is 1.01. The van der Waals surface area contributed by atoms with E-state index in [0.717, 1.165) is 12.0 Å². The van der Waals surface area contributed by atoms with Gasteiger partial charge in [-0.05, 0) is 24.8 Å². The Balaban J connectivity index is 3.04. The van der Waals surface area contributed by atoms with Crippen molar-refractivity contribution in [2.24, 2.45) is 22.4 Å². The first-order valence-electron chi connectivity index (χ1n) is 6.69. The Kier molecular flexibility index (Phi) is 5.50. The quantitative estimate of drug-likeness (QED) is 0.636. The standard InChI is InChI=1S/C16H23N3O/c1-10(2)9-12-5-7-13(8-6-12)15(19-4)16(20)14(18)11(3)17/h5-8,10H,9,17-18H2,1-4H3. The highest BCUT2D eigenvalue weighted by molar-refractivity contribution is 6.51. The first-order chi connectivity index (χ1) is 9.36. The molecule has 0 unspecified atom stereocenters. The zero-order valence-electron chi connectivity index (χ0n) is 12.6. The molecule has 0 radical (unpaired) electrons. The van der Waals surface area contributed by atoms with E-state index < -0.39 is 0 Å². The van der Waals surface area contributed by atoms with E-state index in [0.29, 0.717) is 17.3 Å². The van der Waals surface area contributed by atoms with Gasteiger partial charge in [0.15, 0.2) is 0 Å². The van der Waals surface area contributed by atoms with Gasteiger partial charge in [0.1, 0.15) is 11.4 Å². The number of hydrogen-bond acceptors (Lipinski definition) is 4. The Morgan fingerprint density at radius 1 is 1.20 bits per heavy atom. The van der Waals surface area contributed by atoms with Gasteiger partial charge in [-0.3, -0.25) is 9.79 Å². The summed E-state index contributed by atoms with van der Waals surface area (Å²) in [5.74, 6) is 0.268. The van der Waals surface area contributed by atoms with Crippen LogP contribution >= 0.6 is 0 Å². The van der Waals surface area contributed by atoms with E-state index in [-0.39, 0.29) is 11.5 Å². The third-order valence-electron chi connectivity index (χ3n) is 2.98. The smallest absolute Gasteiger partial charge is 0.228 e. The second-order valence-electron chi connectivity index (χ2n) is 5.29. The van der Waals surface area contributed by atoms with E-state index in [1.807, 2.05) is 24.3 Å². The summed E-state index contributed by atoms with van der Waals surface area (Å²) in [7, 11) is 1.58. The third kappa shape index (κ3) is 3.95. The van der Waals surface area contributed by atoms with Crippen LogP contribution in [0.1, 0.15) is 31.9 Å². The SMILES string of the molecule is CN=C(C(=O)C(N)=C(C)N)c1ccc(CC(C)C)cc1. The molecule has 0 atom stereocenters. The van der Waals surface area contributed by atoms with Crippen LogP contribution in [-0.2, 0) is 11.2 Å². The van der Waals surface area contributed by atoms with Crippen LogP contribution in [0, 0.1) is 5.92 Å². The Morgan fingerprint density at radius 2 is 1.75 bits per heavy atom. The second-order valence-corrected chi connectivity index (χ2v) is 5.29. The summed E-state index contributed by atoms with van der Waals surface area (Å²) >= 11 is 0. The Morgan fingerprint density at radius 3 is 2.15 bits per heavy atom. The molecule has 1 rings (SSSR count). The third-order valence-corrected chi connectivity index (χ3v) is 2.98. The van der Waals surface area contributed by atoms with Gasteiger partial charge in [-0.1, -0.05) is 38.1 Å². The van der Waals surface area contributed by atoms with Gasteiger partial charge in [-0.2, -0.15) is 0 Å². The van der Waals surface area contributed by atoms with Crippen molar-refractivity contribution >= 4 is 11.5 Å². The van der Waals surface area contributed by atoms with Gasteiger partial charge in [0.25, 0.3) is 0 Å². The number of carbonyl (C=O) groups excluding carboxylic acids is 1. The molecule has 0 aliphatic carbocycles. The van der Waals surface area contributed by atoms with Gasteiger partial charge in [0, 0.05) is 18.3 Å². The maximum absolute atomic E-state index is 12.2. The molecule has 0 amide bonds. The lowest BCUT2D eigenvalue weighted by Gasteiger charge is -2.09. The van der Waals surface area contributed by atoms with Crippen LogP contribution in [0.3, 0.4) is 0 Å². The highest BCUT2D eigenvalue weighted by Crippen LogP contribution is 2.12.